The van der Waals surface area contributed by atoms with E-state index >= 15 is 0 Å². The molecule has 0 bridgehead atoms. The molecule has 2 aromatic rings. The Morgan fingerprint density at radius 1 is 1.07 bits per heavy atom. The van der Waals surface area contributed by atoms with Gasteiger partial charge in [-0.2, -0.15) is 0 Å². The summed E-state index contributed by atoms with van der Waals surface area (Å²) in [7, 11) is 3.99. The van der Waals surface area contributed by atoms with Crippen LogP contribution in [0.25, 0.3) is 0 Å². The van der Waals surface area contributed by atoms with E-state index in [4.69, 9.17) is 0 Å². The Balaban J connectivity index is 1.94. The minimum Gasteiger partial charge on any atom is -0.352 e. The van der Waals surface area contributed by atoms with Crippen molar-refractivity contribution in [3.63, 3.8) is 0 Å². The van der Waals surface area contributed by atoms with Crippen LogP contribution in [-0.4, -0.2) is 43.4 Å². The minimum absolute atomic E-state index is 0.0644. The van der Waals surface area contributed by atoms with Crippen molar-refractivity contribution in [1.29, 1.82) is 0 Å². The predicted octanol–water partition coefficient (Wildman–Crippen LogP) is 3.09. The van der Waals surface area contributed by atoms with Crippen LogP contribution in [0.4, 0.5) is 0 Å². The Hall–Kier alpha value is -2.66. The zero-order valence-electron chi connectivity index (χ0n) is 17.5. The summed E-state index contributed by atoms with van der Waals surface area (Å²) in [4.78, 5) is 26.9. The molecule has 0 saturated heterocycles. The van der Waals surface area contributed by atoms with Crippen LogP contribution in [0, 0.1) is 6.92 Å². The van der Waals surface area contributed by atoms with Crippen molar-refractivity contribution in [2.24, 2.45) is 0 Å². The number of likely N-dealkylation sites (N-methyl/N-ethyl adjacent to an activating group) is 1. The quantitative estimate of drug-likeness (QED) is 0.739. The summed E-state index contributed by atoms with van der Waals surface area (Å²) in [5, 5.41) is 5.73. The van der Waals surface area contributed by atoms with E-state index in [0.717, 1.165) is 17.5 Å². The largest absolute Gasteiger partial charge is 0.352 e. The van der Waals surface area contributed by atoms with E-state index in [-0.39, 0.29) is 17.9 Å². The Kier molecular flexibility index (Phi) is 7.76. The maximum atomic E-state index is 12.5. The Labute approximate surface area is 168 Å². The highest BCUT2D eigenvalue weighted by molar-refractivity contribution is 5.97. The molecule has 0 spiro atoms. The van der Waals surface area contributed by atoms with Gasteiger partial charge in [0.15, 0.2) is 0 Å². The highest BCUT2D eigenvalue weighted by Crippen LogP contribution is 2.18. The fraction of sp³-hybridized carbons (Fsp3) is 0.391. The SMILES string of the molecule is CCc1ccc(C(CNC(=O)C(C)NC(=O)c2cccc(C)c2)N(C)C)cc1. The normalized spacial score (nSPS) is 13.1. The number of hydrogen-bond donors (Lipinski definition) is 2. The van der Waals surface area contributed by atoms with Gasteiger partial charge in [0.1, 0.15) is 6.04 Å². The highest BCUT2D eigenvalue weighted by atomic mass is 16.2. The lowest BCUT2D eigenvalue weighted by Gasteiger charge is -2.26. The summed E-state index contributed by atoms with van der Waals surface area (Å²) < 4.78 is 0. The lowest BCUT2D eigenvalue weighted by molar-refractivity contribution is -0.122. The van der Waals surface area contributed by atoms with Crippen LogP contribution in [0.1, 0.15) is 46.9 Å². The van der Waals surface area contributed by atoms with Crippen LogP contribution in [0.3, 0.4) is 0 Å². The molecule has 0 fully saturated rings. The summed E-state index contributed by atoms with van der Waals surface area (Å²) in [6.45, 7) is 6.23. The number of carbonyl (C=O) groups excluding carboxylic acids is 2. The number of aryl methyl sites for hydroxylation is 2. The zero-order chi connectivity index (χ0) is 20.7. The van der Waals surface area contributed by atoms with E-state index < -0.39 is 6.04 Å². The van der Waals surface area contributed by atoms with Crippen molar-refractivity contribution in [3.05, 3.63) is 70.8 Å². The molecule has 2 rings (SSSR count). The van der Waals surface area contributed by atoms with Crippen LogP contribution >= 0.6 is 0 Å². The number of benzene rings is 2. The molecule has 2 aromatic carbocycles. The second-order valence-electron chi connectivity index (χ2n) is 7.38. The average molecular weight is 382 g/mol. The first kappa shape index (κ1) is 21.6. The first-order chi connectivity index (χ1) is 13.3. The summed E-state index contributed by atoms with van der Waals surface area (Å²) in [6.07, 6.45) is 1.00. The summed E-state index contributed by atoms with van der Waals surface area (Å²) in [6, 6.07) is 15.2. The molecule has 2 N–H and O–H groups in total. The molecule has 0 aromatic heterocycles. The van der Waals surface area contributed by atoms with Gasteiger partial charge in [-0.1, -0.05) is 48.9 Å². The molecular formula is C23H31N3O2. The van der Waals surface area contributed by atoms with E-state index in [2.05, 4.69) is 46.7 Å². The van der Waals surface area contributed by atoms with Crippen LogP contribution < -0.4 is 10.6 Å². The van der Waals surface area contributed by atoms with Crippen LogP contribution in [0.2, 0.25) is 0 Å². The Morgan fingerprint density at radius 3 is 2.32 bits per heavy atom. The van der Waals surface area contributed by atoms with E-state index in [9.17, 15) is 9.59 Å². The molecule has 150 valence electrons. The molecule has 5 nitrogen and oxygen atoms in total. The summed E-state index contributed by atoms with van der Waals surface area (Å²) in [5.41, 5.74) is 4.01. The molecule has 0 aliphatic carbocycles. The van der Waals surface area contributed by atoms with Crippen molar-refractivity contribution in [2.75, 3.05) is 20.6 Å². The molecule has 0 aliphatic rings. The van der Waals surface area contributed by atoms with E-state index in [1.54, 1.807) is 13.0 Å². The summed E-state index contributed by atoms with van der Waals surface area (Å²) in [5.74, 6) is -0.441. The molecule has 0 saturated carbocycles. The number of rotatable bonds is 8. The van der Waals surface area contributed by atoms with E-state index in [0.29, 0.717) is 12.1 Å². The van der Waals surface area contributed by atoms with Gasteiger partial charge in [-0.3, -0.25) is 9.59 Å². The fourth-order valence-corrected chi connectivity index (χ4v) is 3.06. The molecule has 0 heterocycles. The smallest absolute Gasteiger partial charge is 0.251 e. The first-order valence-corrected chi connectivity index (χ1v) is 9.72. The maximum Gasteiger partial charge on any atom is 0.251 e. The number of hydrogen-bond acceptors (Lipinski definition) is 3. The third-order valence-corrected chi connectivity index (χ3v) is 4.89. The molecule has 28 heavy (non-hydrogen) atoms. The number of carbonyl (C=O) groups is 2. The van der Waals surface area contributed by atoms with Gasteiger partial charge in [-0.15, -0.1) is 0 Å². The van der Waals surface area contributed by atoms with Crippen molar-refractivity contribution in [2.45, 2.75) is 39.3 Å². The van der Waals surface area contributed by atoms with Crippen molar-refractivity contribution in [1.82, 2.24) is 15.5 Å². The molecular weight excluding hydrogens is 350 g/mol. The van der Waals surface area contributed by atoms with Crippen molar-refractivity contribution in [3.8, 4) is 0 Å². The average Bonchev–Trinajstić information content (AvgIpc) is 2.68. The zero-order valence-corrected chi connectivity index (χ0v) is 17.5. The number of nitrogens with one attached hydrogen (secondary N) is 2. The van der Waals surface area contributed by atoms with Gasteiger partial charge in [0.2, 0.25) is 5.91 Å². The monoisotopic (exact) mass is 381 g/mol. The van der Waals surface area contributed by atoms with Gasteiger partial charge in [-0.05, 0) is 57.6 Å². The predicted molar refractivity (Wildman–Crippen MR) is 113 cm³/mol. The van der Waals surface area contributed by atoms with Crippen molar-refractivity contribution >= 4 is 11.8 Å². The fourth-order valence-electron chi connectivity index (χ4n) is 3.06. The van der Waals surface area contributed by atoms with Crippen LogP contribution in [0.15, 0.2) is 48.5 Å². The third kappa shape index (κ3) is 5.92. The van der Waals surface area contributed by atoms with Crippen LogP contribution in [-0.2, 0) is 11.2 Å². The standard InChI is InChI=1S/C23H31N3O2/c1-6-18-10-12-19(13-11-18)21(26(4)5)15-24-22(27)17(3)25-23(28)20-9-7-8-16(2)14-20/h7-14,17,21H,6,15H2,1-5H3,(H,24,27)(H,25,28). The van der Waals surface area contributed by atoms with Crippen molar-refractivity contribution < 1.29 is 9.59 Å². The Bertz CT molecular complexity index is 800. The second kappa shape index (κ2) is 10.0. The lowest BCUT2D eigenvalue weighted by Crippen LogP contribution is -2.46. The molecule has 2 unspecified atom stereocenters. The molecule has 5 heteroatoms. The molecule has 2 amide bonds. The van der Waals surface area contributed by atoms with Gasteiger partial charge in [0.25, 0.3) is 5.91 Å². The summed E-state index contributed by atoms with van der Waals surface area (Å²) >= 11 is 0. The van der Waals surface area contributed by atoms with Gasteiger partial charge in [0, 0.05) is 12.1 Å². The van der Waals surface area contributed by atoms with Gasteiger partial charge < -0.3 is 15.5 Å². The highest BCUT2D eigenvalue weighted by Gasteiger charge is 2.20. The number of amides is 2. The van der Waals surface area contributed by atoms with Crippen LogP contribution in [0.5, 0.6) is 0 Å². The minimum atomic E-state index is -0.613. The topological polar surface area (TPSA) is 61.4 Å². The molecule has 0 aliphatic heterocycles. The molecule has 2 atom stereocenters. The Morgan fingerprint density at radius 2 is 1.75 bits per heavy atom. The first-order valence-electron chi connectivity index (χ1n) is 9.72. The van der Waals surface area contributed by atoms with E-state index in [1.807, 2.05) is 39.2 Å². The third-order valence-electron chi connectivity index (χ3n) is 4.89. The van der Waals surface area contributed by atoms with Gasteiger partial charge in [0.05, 0.1) is 6.04 Å². The molecule has 0 radical (unpaired) electrons. The second-order valence-corrected chi connectivity index (χ2v) is 7.38. The van der Waals surface area contributed by atoms with Gasteiger partial charge in [-0.25, -0.2) is 0 Å². The maximum absolute atomic E-state index is 12.5. The van der Waals surface area contributed by atoms with Gasteiger partial charge >= 0.3 is 0 Å². The number of nitrogens with zero attached hydrogens (tertiary/aromatic N) is 1. The van der Waals surface area contributed by atoms with E-state index in [1.165, 1.54) is 5.56 Å². The lowest BCUT2D eigenvalue weighted by atomic mass is 10.0.